The number of hydrogen-bond acceptors (Lipinski definition) is 4. The lowest BCUT2D eigenvalue weighted by Gasteiger charge is -2.15. The number of methoxy groups -OCH3 is 1. The van der Waals surface area contributed by atoms with E-state index in [0.29, 0.717) is 37.2 Å². The highest BCUT2D eigenvalue weighted by Gasteiger charge is 2.07. The first kappa shape index (κ1) is 19.4. The van der Waals surface area contributed by atoms with E-state index in [1.807, 2.05) is 44.2 Å². The molecule has 1 heterocycles. The molecule has 0 spiro atoms. The van der Waals surface area contributed by atoms with E-state index in [0.717, 1.165) is 23.4 Å². The van der Waals surface area contributed by atoms with Gasteiger partial charge >= 0.3 is 0 Å². The molecule has 1 aromatic carbocycles. The highest BCUT2D eigenvalue weighted by atomic mass is 16.5. The standard InChI is InChI=1S/C20H27N3O3/c1-5-25-19-13-16(8-9-18(19)24-4)23-20(22-14-15(2)3)21-11-10-17-7-6-12-26-17/h6-9,12-13H,2,5,10-11,14H2,1,3-4H3,(H2,21,22,23). The molecule has 0 amide bonds. The number of rotatable bonds is 9. The van der Waals surface area contributed by atoms with Crippen molar-refractivity contribution in [2.75, 3.05) is 32.1 Å². The lowest BCUT2D eigenvalue weighted by Crippen LogP contribution is -2.32. The zero-order valence-electron chi connectivity index (χ0n) is 15.7. The zero-order chi connectivity index (χ0) is 18.8. The van der Waals surface area contributed by atoms with Crippen molar-refractivity contribution in [3.63, 3.8) is 0 Å². The molecule has 0 radical (unpaired) electrons. The van der Waals surface area contributed by atoms with Crippen molar-refractivity contribution >= 4 is 11.6 Å². The molecule has 2 rings (SSSR count). The van der Waals surface area contributed by atoms with Gasteiger partial charge in [0.05, 0.1) is 26.5 Å². The van der Waals surface area contributed by atoms with Gasteiger partial charge < -0.3 is 24.5 Å². The number of benzene rings is 1. The van der Waals surface area contributed by atoms with E-state index in [-0.39, 0.29) is 0 Å². The molecule has 0 unspecified atom stereocenters. The van der Waals surface area contributed by atoms with Gasteiger partial charge in [-0.05, 0) is 38.1 Å². The topological polar surface area (TPSA) is 68.0 Å². The first-order valence-electron chi connectivity index (χ1n) is 8.65. The molecule has 0 aliphatic rings. The number of hydrogen-bond donors (Lipinski definition) is 2. The largest absolute Gasteiger partial charge is 0.493 e. The Balaban J connectivity index is 2.06. The monoisotopic (exact) mass is 357 g/mol. The second kappa shape index (κ2) is 10.2. The van der Waals surface area contributed by atoms with E-state index in [4.69, 9.17) is 13.9 Å². The van der Waals surface area contributed by atoms with E-state index in [9.17, 15) is 0 Å². The third-order valence-corrected chi connectivity index (χ3v) is 3.48. The SMILES string of the molecule is C=C(C)CN=C(NCCc1ccco1)Nc1ccc(OC)c(OCC)c1. The number of guanidine groups is 1. The third-order valence-electron chi connectivity index (χ3n) is 3.48. The van der Waals surface area contributed by atoms with Crippen LogP contribution in [0.15, 0.2) is 58.2 Å². The lowest BCUT2D eigenvalue weighted by atomic mass is 10.2. The molecule has 0 bridgehead atoms. The van der Waals surface area contributed by atoms with Crippen LogP contribution >= 0.6 is 0 Å². The smallest absolute Gasteiger partial charge is 0.196 e. The lowest BCUT2D eigenvalue weighted by molar-refractivity contribution is 0.311. The van der Waals surface area contributed by atoms with Gasteiger partial charge in [-0.25, -0.2) is 4.99 Å². The molecule has 2 N–H and O–H groups in total. The van der Waals surface area contributed by atoms with Crippen molar-refractivity contribution in [2.24, 2.45) is 4.99 Å². The molecule has 2 aromatic rings. The fourth-order valence-corrected chi connectivity index (χ4v) is 2.27. The normalized spacial score (nSPS) is 11.1. The van der Waals surface area contributed by atoms with Crippen LogP contribution in [-0.4, -0.2) is 32.8 Å². The van der Waals surface area contributed by atoms with Gasteiger partial charge in [0.15, 0.2) is 17.5 Å². The number of ether oxygens (including phenoxy) is 2. The molecule has 1 aromatic heterocycles. The Kier molecular flexibility index (Phi) is 7.61. The molecule has 0 saturated heterocycles. The van der Waals surface area contributed by atoms with Crippen LogP contribution < -0.4 is 20.1 Å². The number of furan rings is 1. The average Bonchev–Trinajstić information content (AvgIpc) is 3.13. The quantitative estimate of drug-likeness (QED) is 0.405. The summed E-state index contributed by atoms with van der Waals surface area (Å²) in [6.45, 7) is 9.60. The van der Waals surface area contributed by atoms with E-state index in [1.54, 1.807) is 13.4 Å². The summed E-state index contributed by atoms with van der Waals surface area (Å²) >= 11 is 0. The number of nitrogens with one attached hydrogen (secondary N) is 2. The van der Waals surface area contributed by atoms with Crippen molar-refractivity contribution in [3.8, 4) is 11.5 Å². The highest BCUT2D eigenvalue weighted by molar-refractivity contribution is 5.94. The van der Waals surface area contributed by atoms with E-state index < -0.39 is 0 Å². The molecule has 26 heavy (non-hydrogen) atoms. The maximum atomic E-state index is 5.63. The molecule has 0 aliphatic heterocycles. The molecule has 0 atom stereocenters. The summed E-state index contributed by atoms with van der Waals surface area (Å²) in [5.41, 5.74) is 1.85. The van der Waals surface area contributed by atoms with Crippen LogP contribution in [0.2, 0.25) is 0 Å². The molecule has 6 heteroatoms. The van der Waals surface area contributed by atoms with Crippen LogP contribution in [0.25, 0.3) is 0 Å². The van der Waals surface area contributed by atoms with Crippen molar-refractivity contribution in [3.05, 3.63) is 54.5 Å². The molecule has 0 fully saturated rings. The van der Waals surface area contributed by atoms with Gasteiger partial charge in [-0.15, -0.1) is 0 Å². The third kappa shape index (κ3) is 6.20. The number of nitrogens with zero attached hydrogens (tertiary/aromatic N) is 1. The molecule has 0 saturated carbocycles. The van der Waals surface area contributed by atoms with Gasteiger partial charge in [-0.2, -0.15) is 0 Å². The molecular formula is C20H27N3O3. The summed E-state index contributed by atoms with van der Waals surface area (Å²) in [6, 6.07) is 9.53. The maximum absolute atomic E-state index is 5.63. The summed E-state index contributed by atoms with van der Waals surface area (Å²) in [4.78, 5) is 4.55. The maximum Gasteiger partial charge on any atom is 0.196 e. The Bertz CT molecular complexity index is 724. The van der Waals surface area contributed by atoms with Gasteiger partial charge in [0.25, 0.3) is 0 Å². The van der Waals surface area contributed by atoms with E-state index in [2.05, 4.69) is 22.2 Å². The Labute approximate surface area is 154 Å². The fourth-order valence-electron chi connectivity index (χ4n) is 2.27. The number of anilines is 1. The molecule has 140 valence electrons. The minimum absolute atomic E-state index is 0.546. The predicted molar refractivity (Wildman–Crippen MR) is 105 cm³/mol. The number of aliphatic imine (C=N–C) groups is 1. The Hall–Kier alpha value is -2.89. The van der Waals surface area contributed by atoms with Crippen LogP contribution in [0.5, 0.6) is 11.5 Å². The minimum atomic E-state index is 0.546. The van der Waals surface area contributed by atoms with Gasteiger partial charge in [-0.1, -0.05) is 12.2 Å². The van der Waals surface area contributed by atoms with E-state index in [1.165, 1.54) is 0 Å². The van der Waals surface area contributed by atoms with E-state index >= 15 is 0 Å². The van der Waals surface area contributed by atoms with Gasteiger partial charge in [-0.3, -0.25) is 0 Å². The second-order valence-electron chi connectivity index (χ2n) is 5.80. The molecular weight excluding hydrogens is 330 g/mol. The highest BCUT2D eigenvalue weighted by Crippen LogP contribution is 2.30. The summed E-state index contributed by atoms with van der Waals surface area (Å²) < 4.78 is 16.3. The average molecular weight is 357 g/mol. The molecule has 0 aliphatic carbocycles. The van der Waals surface area contributed by atoms with Crippen molar-refractivity contribution in [2.45, 2.75) is 20.3 Å². The zero-order valence-corrected chi connectivity index (χ0v) is 15.7. The van der Waals surface area contributed by atoms with Crippen molar-refractivity contribution in [1.29, 1.82) is 0 Å². The summed E-state index contributed by atoms with van der Waals surface area (Å²) in [5, 5.41) is 6.60. The Morgan fingerprint density at radius 3 is 2.77 bits per heavy atom. The fraction of sp³-hybridized carbons (Fsp3) is 0.350. The first-order valence-corrected chi connectivity index (χ1v) is 8.65. The summed E-state index contributed by atoms with van der Waals surface area (Å²) in [6.07, 6.45) is 2.45. The van der Waals surface area contributed by atoms with Crippen LogP contribution in [0, 0.1) is 0 Å². The Morgan fingerprint density at radius 2 is 2.12 bits per heavy atom. The van der Waals surface area contributed by atoms with Crippen LogP contribution in [0.3, 0.4) is 0 Å². The summed E-state index contributed by atoms with van der Waals surface area (Å²) in [5.74, 6) is 2.99. The van der Waals surface area contributed by atoms with Crippen LogP contribution in [-0.2, 0) is 6.42 Å². The second-order valence-corrected chi connectivity index (χ2v) is 5.80. The molecule has 6 nitrogen and oxygen atoms in total. The van der Waals surface area contributed by atoms with Crippen molar-refractivity contribution in [1.82, 2.24) is 5.32 Å². The van der Waals surface area contributed by atoms with Crippen molar-refractivity contribution < 1.29 is 13.9 Å². The van der Waals surface area contributed by atoms with Gasteiger partial charge in [0.2, 0.25) is 0 Å². The predicted octanol–water partition coefficient (Wildman–Crippen LogP) is 3.86. The Morgan fingerprint density at radius 1 is 1.27 bits per heavy atom. The van der Waals surface area contributed by atoms with Crippen LogP contribution in [0.4, 0.5) is 5.69 Å². The first-order chi connectivity index (χ1) is 12.6. The summed E-state index contributed by atoms with van der Waals surface area (Å²) in [7, 11) is 1.63. The van der Waals surface area contributed by atoms with Gasteiger partial charge in [0.1, 0.15) is 5.76 Å². The van der Waals surface area contributed by atoms with Crippen LogP contribution in [0.1, 0.15) is 19.6 Å². The minimum Gasteiger partial charge on any atom is -0.493 e. The van der Waals surface area contributed by atoms with Gasteiger partial charge in [0, 0.05) is 24.7 Å².